The summed E-state index contributed by atoms with van der Waals surface area (Å²) in [5.41, 5.74) is -0.0774. The molecule has 1 aromatic rings. The average Bonchev–Trinajstić information content (AvgIpc) is 2.43. The molecule has 18 heavy (non-hydrogen) atoms. The Bertz CT molecular complexity index is 312. The fourth-order valence-electron chi connectivity index (χ4n) is 2.13. The van der Waals surface area contributed by atoms with E-state index in [0.717, 1.165) is 31.6 Å². The highest BCUT2D eigenvalue weighted by Gasteiger charge is 2.25. The Labute approximate surface area is 115 Å². The smallest absolute Gasteiger partial charge is 0.0613 e. The van der Waals surface area contributed by atoms with Crippen LogP contribution in [0, 0.1) is 0 Å². The van der Waals surface area contributed by atoms with E-state index in [1.807, 2.05) is 17.8 Å². The molecule has 0 aliphatic heterocycles. The van der Waals surface area contributed by atoms with Crippen molar-refractivity contribution in [2.75, 3.05) is 18.9 Å². The molecule has 1 aromatic carbocycles. The van der Waals surface area contributed by atoms with E-state index in [1.54, 1.807) is 0 Å². The zero-order chi connectivity index (χ0) is 13.3. The van der Waals surface area contributed by atoms with Crippen molar-refractivity contribution in [1.82, 2.24) is 5.32 Å². The summed E-state index contributed by atoms with van der Waals surface area (Å²) in [5.74, 6) is 1.11. The van der Waals surface area contributed by atoms with E-state index in [0.29, 0.717) is 0 Å². The van der Waals surface area contributed by atoms with Crippen LogP contribution in [0.2, 0.25) is 0 Å². The van der Waals surface area contributed by atoms with Gasteiger partial charge in [-0.05, 0) is 43.7 Å². The van der Waals surface area contributed by atoms with Crippen LogP contribution in [-0.2, 0) is 0 Å². The molecule has 0 radical (unpaired) electrons. The second kappa shape index (κ2) is 8.57. The fraction of sp³-hybridized carbons (Fsp3) is 0.600. The second-order valence-corrected chi connectivity index (χ2v) is 5.76. The van der Waals surface area contributed by atoms with Crippen LogP contribution in [0.1, 0.15) is 33.1 Å². The third-order valence-electron chi connectivity index (χ3n) is 3.34. The number of nitrogens with one attached hydrogen (secondary N) is 1. The molecule has 2 N–H and O–H groups in total. The Morgan fingerprint density at radius 2 is 1.94 bits per heavy atom. The minimum absolute atomic E-state index is 0.0774. The summed E-state index contributed by atoms with van der Waals surface area (Å²) in [5, 5.41) is 13.0. The maximum Gasteiger partial charge on any atom is 0.0613 e. The van der Waals surface area contributed by atoms with Crippen molar-refractivity contribution in [2.45, 2.75) is 43.5 Å². The number of hydrogen-bond donors (Lipinski definition) is 2. The summed E-state index contributed by atoms with van der Waals surface area (Å²) in [6.45, 7) is 5.38. The van der Waals surface area contributed by atoms with Crippen molar-refractivity contribution in [2.24, 2.45) is 0 Å². The van der Waals surface area contributed by atoms with Crippen molar-refractivity contribution in [3.63, 3.8) is 0 Å². The zero-order valence-corrected chi connectivity index (χ0v) is 12.3. The van der Waals surface area contributed by atoms with Gasteiger partial charge in [-0.2, -0.15) is 0 Å². The molecule has 0 aliphatic carbocycles. The summed E-state index contributed by atoms with van der Waals surface area (Å²) in [6.07, 6.45) is 3.14. The first-order chi connectivity index (χ1) is 8.76. The Kier molecular flexibility index (Phi) is 7.40. The molecule has 1 unspecified atom stereocenters. The Morgan fingerprint density at radius 3 is 2.50 bits per heavy atom. The Morgan fingerprint density at radius 1 is 1.22 bits per heavy atom. The summed E-state index contributed by atoms with van der Waals surface area (Å²) in [7, 11) is 0. The molecule has 0 aliphatic rings. The van der Waals surface area contributed by atoms with E-state index in [4.69, 9.17) is 0 Å². The molecule has 1 rings (SSSR count). The highest BCUT2D eigenvalue weighted by atomic mass is 32.2. The standard InChI is InChI=1S/C15H25NOS/c1-3-15(13-17,16-4-2)11-8-12-18-14-9-6-5-7-10-14/h5-7,9-10,16-17H,3-4,8,11-13H2,1-2H3. The van der Waals surface area contributed by atoms with Gasteiger partial charge in [-0.1, -0.05) is 32.0 Å². The first-order valence-electron chi connectivity index (χ1n) is 6.80. The van der Waals surface area contributed by atoms with Crippen molar-refractivity contribution in [3.05, 3.63) is 30.3 Å². The van der Waals surface area contributed by atoms with Gasteiger partial charge in [0, 0.05) is 10.4 Å². The SMILES string of the molecule is CCNC(CC)(CO)CCCSc1ccccc1. The monoisotopic (exact) mass is 267 g/mol. The van der Waals surface area contributed by atoms with E-state index >= 15 is 0 Å². The summed E-state index contributed by atoms with van der Waals surface area (Å²) in [4.78, 5) is 1.33. The number of hydrogen-bond acceptors (Lipinski definition) is 3. The minimum Gasteiger partial charge on any atom is -0.394 e. The van der Waals surface area contributed by atoms with Crippen LogP contribution in [0.15, 0.2) is 35.2 Å². The zero-order valence-electron chi connectivity index (χ0n) is 11.5. The second-order valence-electron chi connectivity index (χ2n) is 4.59. The van der Waals surface area contributed by atoms with Crippen molar-refractivity contribution in [3.8, 4) is 0 Å². The molecule has 0 amide bonds. The van der Waals surface area contributed by atoms with Crippen LogP contribution in [0.3, 0.4) is 0 Å². The van der Waals surface area contributed by atoms with Crippen LogP contribution in [0.5, 0.6) is 0 Å². The van der Waals surface area contributed by atoms with Crippen LogP contribution in [-0.4, -0.2) is 29.5 Å². The van der Waals surface area contributed by atoms with Crippen molar-refractivity contribution in [1.29, 1.82) is 0 Å². The summed E-state index contributed by atoms with van der Waals surface area (Å²) >= 11 is 1.89. The predicted molar refractivity (Wildman–Crippen MR) is 80.2 cm³/mol. The molecule has 0 saturated heterocycles. The van der Waals surface area contributed by atoms with Gasteiger partial charge < -0.3 is 10.4 Å². The molecular weight excluding hydrogens is 242 g/mol. The topological polar surface area (TPSA) is 32.3 Å². The van der Waals surface area contributed by atoms with Gasteiger partial charge in [0.05, 0.1) is 6.61 Å². The van der Waals surface area contributed by atoms with E-state index in [2.05, 4.69) is 43.4 Å². The van der Waals surface area contributed by atoms with E-state index in [9.17, 15) is 5.11 Å². The third-order valence-corrected chi connectivity index (χ3v) is 4.44. The Balaban J connectivity index is 2.31. The maximum atomic E-state index is 9.55. The van der Waals surface area contributed by atoms with Gasteiger partial charge in [-0.15, -0.1) is 11.8 Å². The molecule has 0 bridgehead atoms. The highest BCUT2D eigenvalue weighted by molar-refractivity contribution is 7.99. The van der Waals surface area contributed by atoms with E-state index in [-0.39, 0.29) is 12.1 Å². The predicted octanol–water partition coefficient (Wildman–Crippen LogP) is 3.31. The van der Waals surface area contributed by atoms with Gasteiger partial charge in [0.1, 0.15) is 0 Å². The van der Waals surface area contributed by atoms with Crippen LogP contribution in [0.4, 0.5) is 0 Å². The largest absolute Gasteiger partial charge is 0.394 e. The number of likely N-dealkylation sites (N-methyl/N-ethyl adjacent to an activating group) is 1. The first kappa shape index (κ1) is 15.5. The van der Waals surface area contributed by atoms with Gasteiger partial charge >= 0.3 is 0 Å². The lowest BCUT2D eigenvalue weighted by atomic mass is 9.91. The molecule has 0 heterocycles. The van der Waals surface area contributed by atoms with E-state index < -0.39 is 0 Å². The van der Waals surface area contributed by atoms with Gasteiger partial charge in [-0.25, -0.2) is 0 Å². The highest BCUT2D eigenvalue weighted by Crippen LogP contribution is 2.22. The summed E-state index contributed by atoms with van der Waals surface area (Å²) < 4.78 is 0. The van der Waals surface area contributed by atoms with Crippen molar-refractivity contribution >= 4 is 11.8 Å². The molecule has 0 fully saturated rings. The lowest BCUT2D eigenvalue weighted by Crippen LogP contribution is -2.48. The molecule has 3 heteroatoms. The number of rotatable bonds is 9. The molecule has 2 nitrogen and oxygen atoms in total. The van der Waals surface area contributed by atoms with Crippen LogP contribution < -0.4 is 5.32 Å². The Hall–Kier alpha value is -0.510. The quantitative estimate of drug-likeness (QED) is 0.532. The van der Waals surface area contributed by atoms with Crippen LogP contribution in [0.25, 0.3) is 0 Å². The van der Waals surface area contributed by atoms with E-state index in [1.165, 1.54) is 4.90 Å². The lowest BCUT2D eigenvalue weighted by Gasteiger charge is -2.31. The lowest BCUT2D eigenvalue weighted by molar-refractivity contribution is 0.148. The minimum atomic E-state index is -0.0774. The number of aliphatic hydroxyl groups is 1. The fourth-order valence-corrected chi connectivity index (χ4v) is 3.00. The number of aliphatic hydroxyl groups excluding tert-OH is 1. The molecule has 0 spiro atoms. The van der Waals surface area contributed by atoms with Gasteiger partial charge in [0.2, 0.25) is 0 Å². The summed E-state index contributed by atoms with van der Waals surface area (Å²) in [6, 6.07) is 10.5. The normalized spacial score (nSPS) is 14.4. The van der Waals surface area contributed by atoms with Crippen LogP contribution >= 0.6 is 11.8 Å². The maximum absolute atomic E-state index is 9.55. The molecule has 1 atom stereocenters. The van der Waals surface area contributed by atoms with Gasteiger partial charge in [0.15, 0.2) is 0 Å². The first-order valence-corrected chi connectivity index (χ1v) is 7.78. The number of thioether (sulfide) groups is 1. The molecule has 102 valence electrons. The molecule has 0 saturated carbocycles. The third kappa shape index (κ3) is 5.01. The molecular formula is C15H25NOS. The average molecular weight is 267 g/mol. The number of benzene rings is 1. The van der Waals surface area contributed by atoms with Crippen molar-refractivity contribution < 1.29 is 5.11 Å². The van der Waals surface area contributed by atoms with Gasteiger partial charge in [-0.3, -0.25) is 0 Å². The molecule has 0 aromatic heterocycles. The van der Waals surface area contributed by atoms with Gasteiger partial charge in [0.25, 0.3) is 0 Å².